The van der Waals surface area contributed by atoms with Gasteiger partial charge in [-0.1, -0.05) is 44.2 Å². The Morgan fingerprint density at radius 2 is 1.90 bits per heavy atom. The molecule has 0 aliphatic heterocycles. The molecular weight excluding hydrogens is 248 g/mol. The van der Waals surface area contributed by atoms with Crippen LogP contribution in [0.1, 0.15) is 38.4 Å². The van der Waals surface area contributed by atoms with Gasteiger partial charge < -0.3 is 15.0 Å². The summed E-state index contributed by atoms with van der Waals surface area (Å²) in [6, 6.07) is 11.3. The molecule has 1 aliphatic carbocycles. The number of hydrogen-bond donors (Lipinski definition) is 1. The van der Waals surface area contributed by atoms with Gasteiger partial charge in [-0.05, 0) is 31.5 Å². The quantitative estimate of drug-likeness (QED) is 0.711. The lowest BCUT2D eigenvalue weighted by atomic mass is 10.1. The van der Waals surface area contributed by atoms with E-state index >= 15 is 0 Å². The Morgan fingerprint density at radius 1 is 1.20 bits per heavy atom. The van der Waals surface area contributed by atoms with Crippen molar-refractivity contribution in [3.63, 3.8) is 0 Å². The molecule has 0 bridgehead atoms. The van der Waals surface area contributed by atoms with Crippen LogP contribution in [0.5, 0.6) is 0 Å². The highest BCUT2D eigenvalue weighted by Gasteiger charge is 2.22. The number of nitrogens with zero attached hydrogens (tertiary/aromatic N) is 1. The number of ether oxygens (including phenoxy) is 1. The first-order valence-corrected chi connectivity index (χ1v) is 7.95. The van der Waals surface area contributed by atoms with Gasteiger partial charge in [0.1, 0.15) is 0 Å². The summed E-state index contributed by atoms with van der Waals surface area (Å²) >= 11 is 0. The van der Waals surface area contributed by atoms with Gasteiger partial charge in [0.2, 0.25) is 0 Å². The lowest BCUT2D eigenvalue weighted by molar-refractivity contribution is 0.0380. The molecule has 0 spiro atoms. The van der Waals surface area contributed by atoms with Crippen molar-refractivity contribution in [2.45, 2.75) is 38.8 Å². The standard InChI is InChI=1S/C17H28N2O/c1-3-19(4-2)12-13-20-17(14-18-16-10-11-16)15-8-6-5-7-9-15/h5-9,16-18H,3-4,10-14H2,1-2H3. The van der Waals surface area contributed by atoms with Crippen LogP contribution in [-0.4, -0.2) is 43.7 Å². The molecule has 1 N–H and O–H groups in total. The summed E-state index contributed by atoms with van der Waals surface area (Å²) in [5, 5.41) is 3.58. The highest BCUT2D eigenvalue weighted by atomic mass is 16.5. The van der Waals surface area contributed by atoms with Gasteiger partial charge in [0.05, 0.1) is 12.7 Å². The molecule has 0 saturated heterocycles. The average molecular weight is 276 g/mol. The predicted molar refractivity (Wildman–Crippen MR) is 83.9 cm³/mol. The van der Waals surface area contributed by atoms with Gasteiger partial charge in [-0.25, -0.2) is 0 Å². The van der Waals surface area contributed by atoms with Crippen LogP contribution in [-0.2, 0) is 4.74 Å². The fraction of sp³-hybridized carbons (Fsp3) is 0.647. The Morgan fingerprint density at radius 3 is 2.50 bits per heavy atom. The Labute approximate surface area is 123 Å². The van der Waals surface area contributed by atoms with Gasteiger partial charge in [-0.2, -0.15) is 0 Å². The second-order valence-electron chi connectivity index (χ2n) is 5.48. The minimum Gasteiger partial charge on any atom is -0.371 e. The van der Waals surface area contributed by atoms with E-state index in [0.717, 1.165) is 38.8 Å². The van der Waals surface area contributed by atoms with Gasteiger partial charge in [0, 0.05) is 19.1 Å². The number of hydrogen-bond acceptors (Lipinski definition) is 3. The maximum absolute atomic E-state index is 6.14. The molecule has 0 aromatic heterocycles. The molecule has 0 radical (unpaired) electrons. The molecule has 1 unspecified atom stereocenters. The monoisotopic (exact) mass is 276 g/mol. The van der Waals surface area contributed by atoms with E-state index in [0.29, 0.717) is 0 Å². The van der Waals surface area contributed by atoms with Crippen molar-refractivity contribution < 1.29 is 4.74 Å². The smallest absolute Gasteiger partial charge is 0.0949 e. The summed E-state index contributed by atoms with van der Waals surface area (Å²) in [5.74, 6) is 0. The third-order valence-corrected chi connectivity index (χ3v) is 3.96. The van der Waals surface area contributed by atoms with Crippen LogP contribution < -0.4 is 5.32 Å². The minimum atomic E-state index is 0.173. The molecule has 1 aromatic carbocycles. The van der Waals surface area contributed by atoms with Crippen molar-refractivity contribution in [2.75, 3.05) is 32.8 Å². The topological polar surface area (TPSA) is 24.5 Å². The van der Waals surface area contributed by atoms with Crippen molar-refractivity contribution in [3.8, 4) is 0 Å². The Hall–Kier alpha value is -0.900. The van der Waals surface area contributed by atoms with Gasteiger partial charge in [-0.3, -0.25) is 0 Å². The molecular formula is C17H28N2O. The zero-order valence-electron chi connectivity index (χ0n) is 12.8. The maximum Gasteiger partial charge on any atom is 0.0949 e. The van der Waals surface area contributed by atoms with Crippen molar-refractivity contribution in [1.82, 2.24) is 10.2 Å². The molecule has 1 saturated carbocycles. The first kappa shape index (κ1) is 15.5. The molecule has 20 heavy (non-hydrogen) atoms. The zero-order chi connectivity index (χ0) is 14.2. The molecule has 112 valence electrons. The molecule has 3 heteroatoms. The van der Waals surface area contributed by atoms with E-state index in [4.69, 9.17) is 4.74 Å². The van der Waals surface area contributed by atoms with Crippen LogP contribution >= 0.6 is 0 Å². The van der Waals surface area contributed by atoms with E-state index in [2.05, 4.69) is 54.4 Å². The zero-order valence-corrected chi connectivity index (χ0v) is 12.8. The van der Waals surface area contributed by atoms with Gasteiger partial charge >= 0.3 is 0 Å². The lowest BCUT2D eigenvalue weighted by Crippen LogP contribution is -2.30. The Balaban J connectivity index is 1.82. The normalized spacial score (nSPS) is 16.6. The fourth-order valence-corrected chi connectivity index (χ4v) is 2.37. The van der Waals surface area contributed by atoms with Gasteiger partial charge in [0.25, 0.3) is 0 Å². The minimum absolute atomic E-state index is 0.173. The van der Waals surface area contributed by atoms with Crippen molar-refractivity contribution in [3.05, 3.63) is 35.9 Å². The highest BCUT2D eigenvalue weighted by molar-refractivity contribution is 5.18. The van der Waals surface area contributed by atoms with E-state index in [1.165, 1.54) is 18.4 Å². The Kier molecular flexibility index (Phi) is 6.51. The molecule has 0 heterocycles. The molecule has 1 atom stereocenters. The van der Waals surface area contributed by atoms with Crippen molar-refractivity contribution >= 4 is 0 Å². The van der Waals surface area contributed by atoms with E-state index in [1.807, 2.05) is 0 Å². The van der Waals surface area contributed by atoms with Crippen LogP contribution in [0.2, 0.25) is 0 Å². The third kappa shape index (κ3) is 5.23. The number of nitrogens with one attached hydrogen (secondary N) is 1. The first-order chi connectivity index (χ1) is 9.83. The van der Waals surface area contributed by atoms with Crippen LogP contribution in [0.15, 0.2) is 30.3 Å². The maximum atomic E-state index is 6.14. The van der Waals surface area contributed by atoms with E-state index in [-0.39, 0.29) is 6.10 Å². The first-order valence-electron chi connectivity index (χ1n) is 7.95. The SMILES string of the molecule is CCN(CC)CCOC(CNC1CC1)c1ccccc1. The van der Waals surface area contributed by atoms with Crippen LogP contribution in [0.4, 0.5) is 0 Å². The summed E-state index contributed by atoms with van der Waals surface area (Å²) in [7, 11) is 0. The average Bonchev–Trinajstić information content (AvgIpc) is 3.32. The van der Waals surface area contributed by atoms with Gasteiger partial charge in [-0.15, -0.1) is 0 Å². The van der Waals surface area contributed by atoms with Crippen LogP contribution in [0.25, 0.3) is 0 Å². The summed E-state index contributed by atoms with van der Waals surface area (Å²) in [6.45, 7) is 9.33. The summed E-state index contributed by atoms with van der Waals surface area (Å²) in [5.41, 5.74) is 1.28. The second kappa shape index (κ2) is 8.40. The van der Waals surface area contributed by atoms with E-state index in [9.17, 15) is 0 Å². The Bertz CT molecular complexity index is 361. The number of likely N-dealkylation sites (N-methyl/N-ethyl adjacent to an activating group) is 1. The van der Waals surface area contributed by atoms with E-state index in [1.54, 1.807) is 0 Å². The largest absolute Gasteiger partial charge is 0.371 e. The van der Waals surface area contributed by atoms with Crippen molar-refractivity contribution in [2.24, 2.45) is 0 Å². The number of rotatable bonds is 10. The third-order valence-electron chi connectivity index (χ3n) is 3.96. The van der Waals surface area contributed by atoms with Crippen molar-refractivity contribution in [1.29, 1.82) is 0 Å². The molecule has 3 nitrogen and oxygen atoms in total. The second-order valence-corrected chi connectivity index (χ2v) is 5.48. The molecule has 1 aliphatic rings. The fourth-order valence-electron chi connectivity index (χ4n) is 2.37. The molecule has 1 aromatic rings. The highest BCUT2D eigenvalue weighted by Crippen LogP contribution is 2.22. The van der Waals surface area contributed by atoms with Gasteiger partial charge in [0.15, 0.2) is 0 Å². The van der Waals surface area contributed by atoms with Crippen LogP contribution in [0, 0.1) is 0 Å². The summed E-state index contributed by atoms with van der Waals surface area (Å²) in [6.07, 6.45) is 2.81. The lowest BCUT2D eigenvalue weighted by Gasteiger charge is -2.22. The summed E-state index contributed by atoms with van der Waals surface area (Å²) < 4.78 is 6.14. The molecule has 1 fully saturated rings. The molecule has 0 amide bonds. The number of benzene rings is 1. The predicted octanol–water partition coefficient (Wildman–Crippen LogP) is 2.84. The summed E-state index contributed by atoms with van der Waals surface area (Å²) in [4.78, 5) is 2.40. The van der Waals surface area contributed by atoms with E-state index < -0.39 is 0 Å². The molecule has 2 rings (SSSR count). The van der Waals surface area contributed by atoms with Crippen LogP contribution in [0.3, 0.4) is 0 Å².